The Morgan fingerprint density at radius 3 is 2.19 bits per heavy atom. The van der Waals surface area contributed by atoms with Crippen LogP contribution in [-0.4, -0.2) is 42.1 Å². The van der Waals surface area contributed by atoms with Crippen LogP contribution in [0.3, 0.4) is 0 Å². The molecule has 0 saturated carbocycles. The second kappa shape index (κ2) is 7.09. The molecule has 0 heterocycles. The van der Waals surface area contributed by atoms with Crippen molar-refractivity contribution in [2.75, 3.05) is 13.2 Å². The maximum atomic E-state index is 11.7. The van der Waals surface area contributed by atoms with E-state index in [9.17, 15) is 9.59 Å². The third-order valence-electron chi connectivity index (χ3n) is 1.90. The number of esters is 1. The fourth-order valence-electron chi connectivity index (χ4n) is 1.16. The highest BCUT2D eigenvalue weighted by Gasteiger charge is 2.20. The molecule has 0 saturated heterocycles. The van der Waals surface area contributed by atoms with Gasteiger partial charge in [0.05, 0.1) is 6.61 Å². The normalized spacial score (nSPS) is 10.4. The summed E-state index contributed by atoms with van der Waals surface area (Å²) in [5.41, 5.74) is 0. The molecule has 2 amide bonds. The first-order valence-corrected chi connectivity index (χ1v) is 5.61. The largest absolute Gasteiger partial charge is 0.465 e. The molecule has 0 bridgehead atoms. The van der Waals surface area contributed by atoms with Crippen LogP contribution in [0, 0.1) is 0 Å². The van der Waals surface area contributed by atoms with Crippen molar-refractivity contribution in [3.05, 3.63) is 0 Å². The monoisotopic (exact) mass is 230 g/mol. The van der Waals surface area contributed by atoms with Crippen molar-refractivity contribution in [1.82, 2.24) is 10.2 Å². The van der Waals surface area contributed by atoms with E-state index in [1.54, 1.807) is 6.92 Å². The maximum Gasteiger partial charge on any atom is 0.325 e. The summed E-state index contributed by atoms with van der Waals surface area (Å²) in [6.07, 6.45) is 0. The number of amides is 2. The zero-order valence-corrected chi connectivity index (χ0v) is 10.7. The van der Waals surface area contributed by atoms with Gasteiger partial charge in [0.15, 0.2) is 0 Å². The summed E-state index contributed by atoms with van der Waals surface area (Å²) in [6, 6.07) is -0.225. The lowest BCUT2D eigenvalue weighted by Crippen LogP contribution is -2.48. The van der Waals surface area contributed by atoms with Gasteiger partial charge in [-0.2, -0.15) is 0 Å². The number of nitrogens with zero attached hydrogens (tertiary/aromatic N) is 1. The highest BCUT2D eigenvalue weighted by molar-refractivity contribution is 5.81. The molecule has 0 unspecified atom stereocenters. The summed E-state index contributed by atoms with van der Waals surface area (Å²) >= 11 is 0. The average Bonchev–Trinajstić information content (AvgIpc) is 2.12. The van der Waals surface area contributed by atoms with Gasteiger partial charge >= 0.3 is 12.0 Å². The minimum Gasteiger partial charge on any atom is -0.465 e. The van der Waals surface area contributed by atoms with Gasteiger partial charge in [0.25, 0.3) is 0 Å². The van der Waals surface area contributed by atoms with E-state index in [-0.39, 0.29) is 30.6 Å². The second-order valence-corrected chi connectivity index (χ2v) is 4.13. The number of ether oxygens (including phenoxy) is 1. The summed E-state index contributed by atoms with van der Waals surface area (Å²) in [7, 11) is 0. The average molecular weight is 230 g/mol. The van der Waals surface area contributed by atoms with E-state index in [1.807, 2.05) is 27.7 Å². The van der Waals surface area contributed by atoms with Crippen LogP contribution in [-0.2, 0) is 9.53 Å². The molecule has 0 atom stereocenters. The van der Waals surface area contributed by atoms with Gasteiger partial charge in [-0.15, -0.1) is 0 Å². The molecule has 0 aromatic carbocycles. The standard InChI is InChI=1S/C11H22N2O3/c1-6-16-10(14)7-13(9(4)5)11(15)12-8(2)3/h8-9H,6-7H2,1-5H3,(H,12,15). The zero-order valence-electron chi connectivity index (χ0n) is 10.7. The van der Waals surface area contributed by atoms with Crippen LogP contribution in [0.1, 0.15) is 34.6 Å². The number of hydrogen-bond acceptors (Lipinski definition) is 3. The van der Waals surface area contributed by atoms with Gasteiger partial charge in [0.2, 0.25) is 0 Å². The number of urea groups is 1. The van der Waals surface area contributed by atoms with Crippen LogP contribution in [0.25, 0.3) is 0 Å². The Hall–Kier alpha value is -1.26. The lowest BCUT2D eigenvalue weighted by molar-refractivity contribution is -0.144. The highest BCUT2D eigenvalue weighted by Crippen LogP contribution is 2.00. The lowest BCUT2D eigenvalue weighted by atomic mass is 10.3. The molecule has 0 aromatic rings. The predicted molar refractivity (Wildman–Crippen MR) is 62.1 cm³/mol. The second-order valence-electron chi connectivity index (χ2n) is 4.13. The molecule has 0 aromatic heterocycles. The van der Waals surface area contributed by atoms with Gasteiger partial charge < -0.3 is 15.0 Å². The summed E-state index contributed by atoms with van der Waals surface area (Å²) in [4.78, 5) is 24.5. The number of carbonyl (C=O) groups is 2. The van der Waals surface area contributed by atoms with Crippen molar-refractivity contribution < 1.29 is 14.3 Å². The van der Waals surface area contributed by atoms with Crippen LogP contribution in [0.4, 0.5) is 4.79 Å². The topological polar surface area (TPSA) is 58.6 Å². The molecule has 0 spiro atoms. The molecule has 94 valence electrons. The highest BCUT2D eigenvalue weighted by atomic mass is 16.5. The van der Waals surface area contributed by atoms with Crippen LogP contribution in [0.5, 0.6) is 0 Å². The van der Waals surface area contributed by atoms with Crippen LogP contribution in [0.15, 0.2) is 0 Å². The summed E-state index contributed by atoms with van der Waals surface area (Å²) < 4.78 is 4.82. The summed E-state index contributed by atoms with van der Waals surface area (Å²) in [5.74, 6) is -0.380. The smallest absolute Gasteiger partial charge is 0.325 e. The van der Waals surface area contributed by atoms with Crippen LogP contribution < -0.4 is 5.32 Å². The zero-order chi connectivity index (χ0) is 12.7. The Morgan fingerprint density at radius 1 is 1.25 bits per heavy atom. The third kappa shape index (κ3) is 5.58. The molecular formula is C11H22N2O3. The van der Waals surface area contributed by atoms with E-state index in [4.69, 9.17) is 4.74 Å². The van der Waals surface area contributed by atoms with Gasteiger partial charge in [-0.3, -0.25) is 4.79 Å². The summed E-state index contributed by atoms with van der Waals surface area (Å²) in [5, 5.41) is 2.75. The summed E-state index contributed by atoms with van der Waals surface area (Å²) in [6.45, 7) is 9.53. The Morgan fingerprint density at radius 2 is 1.81 bits per heavy atom. The van der Waals surface area contributed by atoms with E-state index < -0.39 is 0 Å². The third-order valence-corrected chi connectivity index (χ3v) is 1.90. The van der Waals surface area contributed by atoms with Gasteiger partial charge in [0, 0.05) is 12.1 Å². The SMILES string of the molecule is CCOC(=O)CN(C(=O)NC(C)C)C(C)C. The molecule has 5 nitrogen and oxygen atoms in total. The Labute approximate surface area is 97.1 Å². The van der Waals surface area contributed by atoms with Crippen molar-refractivity contribution in [1.29, 1.82) is 0 Å². The van der Waals surface area contributed by atoms with E-state index in [2.05, 4.69) is 5.32 Å². The van der Waals surface area contributed by atoms with Crippen molar-refractivity contribution in [3.63, 3.8) is 0 Å². The fraction of sp³-hybridized carbons (Fsp3) is 0.818. The molecule has 0 fully saturated rings. The van der Waals surface area contributed by atoms with Gasteiger partial charge in [-0.25, -0.2) is 4.79 Å². The first-order chi connectivity index (χ1) is 7.38. The molecule has 0 radical (unpaired) electrons. The van der Waals surface area contributed by atoms with E-state index >= 15 is 0 Å². The quantitative estimate of drug-likeness (QED) is 0.726. The number of hydrogen-bond donors (Lipinski definition) is 1. The first-order valence-electron chi connectivity index (χ1n) is 5.61. The Kier molecular flexibility index (Phi) is 6.53. The minimum atomic E-state index is -0.380. The first kappa shape index (κ1) is 14.7. The van der Waals surface area contributed by atoms with E-state index in [0.29, 0.717) is 6.61 Å². The lowest BCUT2D eigenvalue weighted by Gasteiger charge is -2.26. The van der Waals surface area contributed by atoms with E-state index in [1.165, 1.54) is 4.90 Å². The molecule has 1 N–H and O–H groups in total. The van der Waals surface area contributed by atoms with Gasteiger partial charge in [0.1, 0.15) is 6.54 Å². The molecule has 0 aliphatic heterocycles. The minimum absolute atomic E-state index is 0.00986. The van der Waals surface area contributed by atoms with Crippen LogP contribution in [0.2, 0.25) is 0 Å². The van der Waals surface area contributed by atoms with Gasteiger partial charge in [-0.1, -0.05) is 0 Å². The van der Waals surface area contributed by atoms with Crippen molar-refractivity contribution in [3.8, 4) is 0 Å². The van der Waals surface area contributed by atoms with Crippen molar-refractivity contribution >= 4 is 12.0 Å². The molecule has 0 aliphatic carbocycles. The Balaban J connectivity index is 4.38. The maximum absolute atomic E-state index is 11.7. The van der Waals surface area contributed by atoms with Crippen LogP contribution >= 0.6 is 0 Å². The molecule has 0 aliphatic rings. The Bertz CT molecular complexity index is 239. The molecule has 0 rings (SSSR count). The number of nitrogens with one attached hydrogen (secondary N) is 1. The van der Waals surface area contributed by atoms with Gasteiger partial charge in [-0.05, 0) is 34.6 Å². The molecular weight excluding hydrogens is 208 g/mol. The number of rotatable bonds is 5. The molecule has 5 heteroatoms. The van der Waals surface area contributed by atoms with Crippen molar-refractivity contribution in [2.24, 2.45) is 0 Å². The fourth-order valence-corrected chi connectivity index (χ4v) is 1.16. The van der Waals surface area contributed by atoms with Crippen molar-refractivity contribution in [2.45, 2.75) is 46.7 Å². The number of carbonyl (C=O) groups excluding carboxylic acids is 2. The predicted octanol–water partition coefficient (Wildman–Crippen LogP) is 1.38. The van der Waals surface area contributed by atoms with E-state index in [0.717, 1.165) is 0 Å². The molecule has 16 heavy (non-hydrogen) atoms.